The van der Waals surface area contributed by atoms with Crippen LogP contribution in [0.2, 0.25) is 0 Å². The van der Waals surface area contributed by atoms with Crippen molar-refractivity contribution in [2.75, 3.05) is 33.3 Å². The summed E-state index contributed by atoms with van der Waals surface area (Å²) in [5.41, 5.74) is 1.00. The number of benzene rings is 3. The van der Waals surface area contributed by atoms with Gasteiger partial charge >= 0.3 is 0 Å². The maximum Gasteiger partial charge on any atom is 0.273 e. The molecule has 0 amide bonds. The summed E-state index contributed by atoms with van der Waals surface area (Å²) in [6.07, 6.45) is 0. The molecule has 1 aliphatic heterocycles. The highest BCUT2D eigenvalue weighted by atomic mass is 32.2. The highest BCUT2D eigenvalue weighted by Crippen LogP contribution is 2.31. The van der Waals surface area contributed by atoms with E-state index in [1.165, 1.54) is 39.9 Å². The molecule has 9 heteroatoms. The predicted octanol–water partition coefficient (Wildman–Crippen LogP) is 3.26. The van der Waals surface area contributed by atoms with Gasteiger partial charge in [-0.05, 0) is 22.4 Å². The summed E-state index contributed by atoms with van der Waals surface area (Å²) < 4.78 is 32.8. The van der Waals surface area contributed by atoms with Gasteiger partial charge in [-0.25, -0.2) is 8.42 Å². The van der Waals surface area contributed by atoms with Gasteiger partial charge in [0.15, 0.2) is 0 Å². The Morgan fingerprint density at radius 2 is 1.71 bits per heavy atom. The van der Waals surface area contributed by atoms with Crippen LogP contribution in [0.5, 0.6) is 5.75 Å². The Kier molecular flexibility index (Phi) is 5.90. The molecule has 8 nitrogen and oxygen atoms in total. The van der Waals surface area contributed by atoms with Gasteiger partial charge in [0.2, 0.25) is 10.0 Å². The van der Waals surface area contributed by atoms with Gasteiger partial charge in [-0.15, -0.1) is 0 Å². The largest absolute Gasteiger partial charge is 0.495 e. The van der Waals surface area contributed by atoms with Crippen molar-refractivity contribution >= 4 is 26.5 Å². The molecule has 1 fully saturated rings. The summed E-state index contributed by atoms with van der Waals surface area (Å²) in [6, 6.07) is 18.0. The highest BCUT2D eigenvalue weighted by Gasteiger charge is 2.31. The standard InChI is InChI=1S/C22H23N3O5S/c1-30-21-15-19(25(26)27)9-10-22(21)31(28,29)24-13-11-23(12-14-24)16-18-7-4-6-17-5-2-3-8-20(17)18/h2-10,15H,11-14,16H2,1H3. The second kappa shape index (κ2) is 8.62. The van der Waals surface area contributed by atoms with Crippen molar-refractivity contribution in [3.8, 4) is 5.75 Å². The quantitative estimate of drug-likeness (QED) is 0.431. The van der Waals surface area contributed by atoms with Crippen LogP contribution in [0.1, 0.15) is 5.56 Å². The first-order chi connectivity index (χ1) is 14.9. The average Bonchev–Trinajstić information content (AvgIpc) is 2.79. The molecule has 0 bridgehead atoms. The third-order valence-electron chi connectivity index (χ3n) is 5.58. The zero-order valence-electron chi connectivity index (χ0n) is 17.1. The van der Waals surface area contributed by atoms with E-state index in [9.17, 15) is 18.5 Å². The second-order valence-electron chi connectivity index (χ2n) is 7.41. The number of rotatable bonds is 6. The lowest BCUT2D eigenvalue weighted by atomic mass is 10.0. The Labute approximate surface area is 180 Å². The third-order valence-corrected chi connectivity index (χ3v) is 7.52. The van der Waals surface area contributed by atoms with E-state index in [2.05, 4.69) is 29.2 Å². The lowest BCUT2D eigenvalue weighted by molar-refractivity contribution is -0.385. The maximum absolute atomic E-state index is 13.1. The van der Waals surface area contributed by atoms with E-state index in [0.29, 0.717) is 26.2 Å². The van der Waals surface area contributed by atoms with Crippen molar-refractivity contribution in [2.24, 2.45) is 0 Å². The summed E-state index contributed by atoms with van der Waals surface area (Å²) in [7, 11) is -2.51. The molecule has 1 heterocycles. The molecule has 3 aromatic carbocycles. The minimum atomic E-state index is -3.82. The monoisotopic (exact) mass is 441 g/mol. The van der Waals surface area contributed by atoms with Crippen LogP contribution >= 0.6 is 0 Å². The summed E-state index contributed by atoms with van der Waals surface area (Å²) in [4.78, 5) is 12.6. The minimum absolute atomic E-state index is 0.0209. The van der Waals surface area contributed by atoms with Crippen molar-refractivity contribution in [3.63, 3.8) is 0 Å². The molecule has 0 saturated carbocycles. The van der Waals surface area contributed by atoms with E-state index in [-0.39, 0.29) is 16.3 Å². The van der Waals surface area contributed by atoms with Crippen LogP contribution in [0.15, 0.2) is 65.6 Å². The second-order valence-corrected chi connectivity index (χ2v) is 9.32. The zero-order chi connectivity index (χ0) is 22.0. The fourth-order valence-corrected chi connectivity index (χ4v) is 5.48. The van der Waals surface area contributed by atoms with Gasteiger partial charge in [0.25, 0.3) is 5.69 Å². The normalized spacial score (nSPS) is 15.8. The Balaban J connectivity index is 1.49. The lowest BCUT2D eigenvalue weighted by Gasteiger charge is -2.34. The van der Waals surface area contributed by atoms with Crippen LogP contribution in [0.4, 0.5) is 5.69 Å². The molecule has 0 unspecified atom stereocenters. The first-order valence-electron chi connectivity index (χ1n) is 9.92. The topological polar surface area (TPSA) is 93.0 Å². The molecule has 4 rings (SSSR count). The number of nitrogens with zero attached hydrogens (tertiary/aromatic N) is 3. The zero-order valence-corrected chi connectivity index (χ0v) is 17.9. The Morgan fingerprint density at radius 1 is 1.00 bits per heavy atom. The lowest BCUT2D eigenvalue weighted by Crippen LogP contribution is -2.48. The van der Waals surface area contributed by atoms with Crippen molar-refractivity contribution in [2.45, 2.75) is 11.4 Å². The fourth-order valence-electron chi connectivity index (χ4n) is 3.92. The molecular formula is C22H23N3O5S. The number of piperazine rings is 1. The van der Waals surface area contributed by atoms with Crippen molar-refractivity contribution in [3.05, 3.63) is 76.3 Å². The Bertz CT molecular complexity index is 1220. The van der Waals surface area contributed by atoms with Gasteiger partial charge in [0.1, 0.15) is 10.6 Å². The first kappa shape index (κ1) is 21.2. The van der Waals surface area contributed by atoms with Gasteiger partial charge in [-0.3, -0.25) is 15.0 Å². The van der Waals surface area contributed by atoms with Crippen LogP contribution in [-0.2, 0) is 16.6 Å². The van der Waals surface area contributed by atoms with E-state index in [4.69, 9.17) is 4.74 Å². The van der Waals surface area contributed by atoms with Crippen LogP contribution in [0.3, 0.4) is 0 Å². The van der Waals surface area contributed by atoms with Crippen LogP contribution < -0.4 is 4.74 Å². The number of methoxy groups -OCH3 is 1. The van der Waals surface area contributed by atoms with Crippen molar-refractivity contribution in [1.82, 2.24) is 9.21 Å². The SMILES string of the molecule is COc1cc([N+](=O)[O-])ccc1S(=O)(=O)N1CCN(Cc2cccc3ccccc23)CC1. The van der Waals surface area contributed by atoms with Gasteiger partial charge in [0, 0.05) is 38.8 Å². The van der Waals surface area contributed by atoms with Crippen LogP contribution in [0, 0.1) is 10.1 Å². The number of hydrogen-bond acceptors (Lipinski definition) is 6. The minimum Gasteiger partial charge on any atom is -0.495 e. The molecule has 1 saturated heterocycles. The van der Waals surface area contributed by atoms with Gasteiger partial charge in [0.05, 0.1) is 18.1 Å². The molecule has 3 aromatic rings. The van der Waals surface area contributed by atoms with Gasteiger partial charge in [-0.2, -0.15) is 4.31 Å². The Morgan fingerprint density at radius 3 is 2.42 bits per heavy atom. The number of ether oxygens (including phenoxy) is 1. The molecule has 0 aromatic heterocycles. The van der Waals surface area contributed by atoms with Crippen LogP contribution in [0.25, 0.3) is 10.8 Å². The Hall–Kier alpha value is -3.01. The van der Waals surface area contributed by atoms with Crippen molar-refractivity contribution in [1.29, 1.82) is 0 Å². The molecule has 0 atom stereocenters. The third kappa shape index (κ3) is 4.25. The first-order valence-corrected chi connectivity index (χ1v) is 11.4. The fraction of sp³-hybridized carbons (Fsp3) is 0.273. The maximum atomic E-state index is 13.1. The van der Waals surface area contributed by atoms with E-state index in [1.807, 2.05) is 18.2 Å². The molecule has 0 spiro atoms. The van der Waals surface area contributed by atoms with E-state index >= 15 is 0 Å². The van der Waals surface area contributed by atoms with Crippen LogP contribution in [-0.4, -0.2) is 55.8 Å². The van der Waals surface area contributed by atoms with Gasteiger partial charge in [-0.1, -0.05) is 42.5 Å². The summed E-state index contributed by atoms with van der Waals surface area (Å²) >= 11 is 0. The summed E-state index contributed by atoms with van der Waals surface area (Å²) in [5.74, 6) is -0.0209. The van der Waals surface area contributed by atoms with Gasteiger partial charge < -0.3 is 4.74 Å². The number of hydrogen-bond donors (Lipinski definition) is 0. The number of non-ortho nitro benzene ring substituents is 1. The summed E-state index contributed by atoms with van der Waals surface area (Å²) in [5, 5.41) is 13.4. The van der Waals surface area contributed by atoms with Crippen molar-refractivity contribution < 1.29 is 18.1 Å². The number of fused-ring (bicyclic) bond motifs is 1. The number of nitro groups is 1. The molecule has 162 valence electrons. The highest BCUT2D eigenvalue weighted by molar-refractivity contribution is 7.89. The number of nitro benzene ring substituents is 1. The molecule has 31 heavy (non-hydrogen) atoms. The molecule has 0 N–H and O–H groups in total. The molecule has 0 radical (unpaired) electrons. The predicted molar refractivity (Wildman–Crippen MR) is 118 cm³/mol. The van der Waals surface area contributed by atoms with E-state index in [1.54, 1.807) is 0 Å². The van der Waals surface area contributed by atoms with E-state index in [0.717, 1.165) is 12.6 Å². The molecule has 1 aliphatic rings. The average molecular weight is 442 g/mol. The van der Waals surface area contributed by atoms with E-state index < -0.39 is 14.9 Å². The number of sulfonamides is 1. The smallest absolute Gasteiger partial charge is 0.273 e. The summed E-state index contributed by atoms with van der Waals surface area (Å²) in [6.45, 7) is 2.62. The molecular weight excluding hydrogens is 418 g/mol. The molecule has 0 aliphatic carbocycles.